The number of rotatable bonds is 3. The van der Waals surface area contributed by atoms with E-state index in [9.17, 15) is 18.3 Å². The first-order valence-electron chi connectivity index (χ1n) is 7.03. The van der Waals surface area contributed by atoms with Crippen molar-refractivity contribution in [3.05, 3.63) is 72.0 Å². The second kappa shape index (κ2) is 6.23. The van der Waals surface area contributed by atoms with Gasteiger partial charge in [-0.05, 0) is 36.4 Å². The largest absolute Gasteiger partial charge is 0.506 e. The molecule has 0 aliphatic carbocycles. The van der Waals surface area contributed by atoms with E-state index in [4.69, 9.17) is 4.42 Å². The third-order valence-corrected chi connectivity index (χ3v) is 3.31. The Kier molecular flexibility index (Phi) is 4.12. The molecule has 0 aliphatic heterocycles. The molecule has 0 fully saturated rings. The first kappa shape index (κ1) is 15.9. The Morgan fingerprint density at radius 2 is 1.75 bits per heavy atom. The minimum atomic E-state index is -4.41. The Balaban J connectivity index is 1.85. The summed E-state index contributed by atoms with van der Waals surface area (Å²) in [6, 6.07) is 14.6. The molecule has 0 aliphatic rings. The van der Waals surface area contributed by atoms with Crippen molar-refractivity contribution in [3.63, 3.8) is 0 Å². The van der Waals surface area contributed by atoms with Gasteiger partial charge >= 0.3 is 6.18 Å². The van der Waals surface area contributed by atoms with E-state index >= 15 is 0 Å². The summed E-state index contributed by atoms with van der Waals surface area (Å²) in [6.45, 7) is 0. The van der Waals surface area contributed by atoms with E-state index in [0.29, 0.717) is 22.8 Å². The molecule has 1 N–H and O–H groups in total. The van der Waals surface area contributed by atoms with Gasteiger partial charge in [-0.3, -0.25) is 0 Å². The van der Waals surface area contributed by atoms with Crippen LogP contribution in [0.15, 0.2) is 70.1 Å². The number of alkyl halides is 3. The van der Waals surface area contributed by atoms with E-state index in [-0.39, 0.29) is 5.75 Å². The Labute approximate surface area is 135 Å². The van der Waals surface area contributed by atoms with Crippen molar-refractivity contribution >= 4 is 11.9 Å². The van der Waals surface area contributed by atoms with Gasteiger partial charge < -0.3 is 9.52 Å². The number of para-hydroxylation sites is 2. The van der Waals surface area contributed by atoms with Gasteiger partial charge in [0.05, 0.1) is 11.8 Å². The SMILES string of the molecule is Oc1ccccc1/N=C/c1ccc(-c2cccc(C(F)(F)F)c2)o1. The number of hydrogen-bond acceptors (Lipinski definition) is 3. The van der Waals surface area contributed by atoms with Crippen molar-refractivity contribution < 1.29 is 22.7 Å². The van der Waals surface area contributed by atoms with Crippen molar-refractivity contribution in [2.24, 2.45) is 4.99 Å². The minimum absolute atomic E-state index is 0.0263. The number of phenolic OH excluding ortho intramolecular Hbond substituents is 1. The van der Waals surface area contributed by atoms with Gasteiger partial charge in [-0.15, -0.1) is 0 Å². The number of furan rings is 1. The molecule has 0 spiro atoms. The van der Waals surface area contributed by atoms with Crippen molar-refractivity contribution in [1.82, 2.24) is 0 Å². The number of phenols is 1. The van der Waals surface area contributed by atoms with Crippen LogP contribution in [0, 0.1) is 0 Å². The van der Waals surface area contributed by atoms with Gasteiger partial charge in [-0.1, -0.05) is 24.3 Å². The molecule has 0 saturated heterocycles. The molecule has 0 radical (unpaired) electrons. The summed E-state index contributed by atoms with van der Waals surface area (Å²) in [7, 11) is 0. The summed E-state index contributed by atoms with van der Waals surface area (Å²) in [5.41, 5.74) is -0.0395. The van der Waals surface area contributed by atoms with Crippen LogP contribution in [0.2, 0.25) is 0 Å². The van der Waals surface area contributed by atoms with E-state index < -0.39 is 11.7 Å². The molecule has 3 aromatic rings. The summed E-state index contributed by atoms with van der Waals surface area (Å²) in [4.78, 5) is 4.09. The van der Waals surface area contributed by atoms with E-state index in [1.807, 2.05) is 0 Å². The molecule has 3 rings (SSSR count). The molecular formula is C18H12F3NO2. The lowest BCUT2D eigenvalue weighted by Crippen LogP contribution is -2.04. The smallest absolute Gasteiger partial charge is 0.416 e. The van der Waals surface area contributed by atoms with Gasteiger partial charge in [0.15, 0.2) is 0 Å². The lowest BCUT2D eigenvalue weighted by Gasteiger charge is -2.07. The highest BCUT2D eigenvalue weighted by molar-refractivity contribution is 5.80. The quantitative estimate of drug-likeness (QED) is 0.651. The van der Waals surface area contributed by atoms with Gasteiger partial charge in [-0.2, -0.15) is 13.2 Å². The lowest BCUT2D eigenvalue weighted by molar-refractivity contribution is -0.137. The first-order chi connectivity index (χ1) is 11.4. The summed E-state index contributed by atoms with van der Waals surface area (Å²) in [6.07, 6.45) is -3.01. The van der Waals surface area contributed by atoms with Crippen LogP contribution in [-0.4, -0.2) is 11.3 Å². The monoisotopic (exact) mass is 331 g/mol. The summed E-state index contributed by atoms with van der Waals surface area (Å²) >= 11 is 0. The van der Waals surface area contributed by atoms with Gasteiger partial charge in [0.25, 0.3) is 0 Å². The fourth-order valence-corrected chi connectivity index (χ4v) is 2.13. The summed E-state index contributed by atoms with van der Waals surface area (Å²) in [5, 5.41) is 9.63. The standard InChI is InChI=1S/C18H12F3NO2/c19-18(20,21)13-5-3-4-12(10-13)17-9-8-14(24-17)11-22-15-6-1-2-7-16(15)23/h1-11,23H/b22-11+. The molecule has 122 valence electrons. The number of benzene rings is 2. The molecule has 0 saturated carbocycles. The first-order valence-corrected chi connectivity index (χ1v) is 7.03. The Morgan fingerprint density at radius 1 is 0.958 bits per heavy atom. The third-order valence-electron chi connectivity index (χ3n) is 3.31. The zero-order valence-corrected chi connectivity index (χ0v) is 12.3. The van der Waals surface area contributed by atoms with Crippen molar-refractivity contribution in [1.29, 1.82) is 0 Å². The molecule has 24 heavy (non-hydrogen) atoms. The number of hydrogen-bond donors (Lipinski definition) is 1. The van der Waals surface area contributed by atoms with E-state index in [1.165, 1.54) is 24.4 Å². The third kappa shape index (κ3) is 3.48. The second-order valence-electron chi connectivity index (χ2n) is 5.03. The van der Waals surface area contributed by atoms with Crippen LogP contribution in [0.1, 0.15) is 11.3 Å². The van der Waals surface area contributed by atoms with Gasteiger partial charge in [-0.25, -0.2) is 4.99 Å². The van der Waals surface area contributed by atoms with Gasteiger partial charge in [0, 0.05) is 5.56 Å². The topological polar surface area (TPSA) is 45.7 Å². The van der Waals surface area contributed by atoms with Crippen LogP contribution in [0.4, 0.5) is 18.9 Å². The molecule has 1 heterocycles. The van der Waals surface area contributed by atoms with E-state index in [0.717, 1.165) is 12.1 Å². The van der Waals surface area contributed by atoms with Crippen LogP contribution in [-0.2, 0) is 6.18 Å². The Morgan fingerprint density at radius 3 is 2.50 bits per heavy atom. The highest BCUT2D eigenvalue weighted by atomic mass is 19.4. The van der Waals surface area contributed by atoms with Crippen molar-refractivity contribution in [2.45, 2.75) is 6.18 Å². The van der Waals surface area contributed by atoms with Crippen LogP contribution in [0.3, 0.4) is 0 Å². The summed E-state index contributed by atoms with van der Waals surface area (Å²) in [5.74, 6) is 0.698. The molecule has 1 aromatic heterocycles. The molecule has 0 bridgehead atoms. The predicted molar refractivity (Wildman–Crippen MR) is 84.5 cm³/mol. The highest BCUT2D eigenvalue weighted by Gasteiger charge is 2.30. The molecule has 6 heteroatoms. The molecule has 0 amide bonds. The lowest BCUT2D eigenvalue weighted by atomic mass is 10.1. The maximum absolute atomic E-state index is 12.8. The van der Waals surface area contributed by atoms with Crippen LogP contribution >= 0.6 is 0 Å². The summed E-state index contributed by atoms with van der Waals surface area (Å²) < 4.78 is 43.8. The van der Waals surface area contributed by atoms with Crippen LogP contribution < -0.4 is 0 Å². The average Bonchev–Trinajstić information content (AvgIpc) is 3.02. The molecule has 0 atom stereocenters. The second-order valence-corrected chi connectivity index (χ2v) is 5.03. The molecule has 3 nitrogen and oxygen atoms in total. The highest BCUT2D eigenvalue weighted by Crippen LogP contribution is 2.32. The van der Waals surface area contributed by atoms with E-state index in [2.05, 4.69) is 4.99 Å². The molecular weight excluding hydrogens is 319 g/mol. The van der Waals surface area contributed by atoms with E-state index in [1.54, 1.807) is 30.3 Å². The predicted octanol–water partition coefficient (Wildman–Crippen LogP) is 5.42. The van der Waals surface area contributed by atoms with Gasteiger partial charge in [0.1, 0.15) is 23.0 Å². The zero-order valence-electron chi connectivity index (χ0n) is 12.3. The molecule has 2 aromatic carbocycles. The maximum atomic E-state index is 12.8. The molecule has 0 unspecified atom stereocenters. The number of aliphatic imine (C=N–C) groups is 1. The normalized spacial score (nSPS) is 12.0. The van der Waals surface area contributed by atoms with Crippen molar-refractivity contribution in [2.75, 3.05) is 0 Å². The minimum Gasteiger partial charge on any atom is -0.506 e. The Bertz CT molecular complexity index is 882. The maximum Gasteiger partial charge on any atom is 0.416 e. The number of halogens is 3. The van der Waals surface area contributed by atoms with Crippen LogP contribution in [0.25, 0.3) is 11.3 Å². The number of nitrogens with zero attached hydrogens (tertiary/aromatic N) is 1. The number of aromatic hydroxyl groups is 1. The fraction of sp³-hybridized carbons (Fsp3) is 0.0556. The van der Waals surface area contributed by atoms with Crippen molar-refractivity contribution in [3.8, 4) is 17.1 Å². The zero-order chi connectivity index (χ0) is 17.2. The fourth-order valence-electron chi connectivity index (χ4n) is 2.13. The average molecular weight is 331 g/mol. The Hall–Kier alpha value is -3.02. The van der Waals surface area contributed by atoms with Gasteiger partial charge in [0.2, 0.25) is 0 Å². The van der Waals surface area contributed by atoms with Crippen LogP contribution in [0.5, 0.6) is 5.75 Å².